The molecular formula is C16H25NO4S. The van der Waals surface area contributed by atoms with Crippen LogP contribution in [0.1, 0.15) is 53.4 Å². The van der Waals surface area contributed by atoms with Gasteiger partial charge in [-0.05, 0) is 59.2 Å². The number of aliphatic hydroxyl groups is 2. The molecule has 0 unspecified atom stereocenters. The van der Waals surface area contributed by atoms with E-state index in [0.29, 0.717) is 12.8 Å². The van der Waals surface area contributed by atoms with Crippen molar-refractivity contribution in [3.8, 4) is 0 Å². The van der Waals surface area contributed by atoms with E-state index in [9.17, 15) is 10.2 Å². The van der Waals surface area contributed by atoms with Gasteiger partial charge in [0.05, 0.1) is 16.3 Å². The number of aliphatic hydroxyl groups excluding tert-OH is 1. The summed E-state index contributed by atoms with van der Waals surface area (Å²) >= 11 is 4.84. The average molecular weight is 327 g/mol. The number of nitrogens with zero attached hydrogens (tertiary/aromatic N) is 1. The first kappa shape index (κ1) is 16.5. The zero-order valence-corrected chi connectivity index (χ0v) is 14.4. The maximum absolute atomic E-state index is 10.7. The standard InChI is InChI=1S/C16H25NO4S/c1-13(2,19)10-5-7-14(3,17-9-22)11-6-8-15(4)20-12(18)16(10,11)21-15/h10-12,18-19H,5-8H2,1-4H3/t10-,11-,12-,14-,15+,16+/m0/s1. The normalized spacial score (nSPS) is 51.1. The van der Waals surface area contributed by atoms with Crippen LogP contribution in [0.4, 0.5) is 0 Å². The van der Waals surface area contributed by atoms with Crippen molar-refractivity contribution in [1.82, 2.24) is 0 Å². The Hall–Kier alpha value is -0.360. The van der Waals surface area contributed by atoms with Crippen molar-refractivity contribution < 1.29 is 19.7 Å². The van der Waals surface area contributed by atoms with Gasteiger partial charge in [0.1, 0.15) is 5.60 Å². The Balaban J connectivity index is 2.14. The molecule has 0 aromatic carbocycles. The summed E-state index contributed by atoms with van der Waals surface area (Å²) in [5.74, 6) is -1.08. The summed E-state index contributed by atoms with van der Waals surface area (Å²) in [5.41, 5.74) is -2.37. The molecule has 22 heavy (non-hydrogen) atoms. The second kappa shape index (κ2) is 4.82. The van der Waals surface area contributed by atoms with Crippen LogP contribution in [0.5, 0.6) is 0 Å². The number of fused-ring (bicyclic) bond motifs is 1. The molecule has 1 saturated carbocycles. The fourth-order valence-corrected chi connectivity index (χ4v) is 5.23. The van der Waals surface area contributed by atoms with Crippen LogP contribution in [-0.4, -0.2) is 44.2 Å². The molecule has 3 rings (SSSR count). The van der Waals surface area contributed by atoms with Crippen LogP contribution < -0.4 is 0 Å². The first-order valence-corrected chi connectivity index (χ1v) is 8.36. The van der Waals surface area contributed by atoms with Crippen molar-refractivity contribution in [2.45, 2.75) is 82.2 Å². The molecule has 1 spiro atoms. The molecule has 1 aliphatic carbocycles. The van der Waals surface area contributed by atoms with E-state index in [2.05, 4.69) is 10.2 Å². The fraction of sp³-hybridized carbons (Fsp3) is 0.938. The van der Waals surface area contributed by atoms with E-state index in [4.69, 9.17) is 21.7 Å². The average Bonchev–Trinajstić information content (AvgIpc) is 2.54. The summed E-state index contributed by atoms with van der Waals surface area (Å²) < 4.78 is 12.1. The van der Waals surface area contributed by atoms with E-state index in [1.165, 1.54) is 0 Å². The lowest BCUT2D eigenvalue weighted by atomic mass is 9.55. The Morgan fingerprint density at radius 3 is 2.55 bits per heavy atom. The molecule has 2 bridgehead atoms. The largest absolute Gasteiger partial charge is 0.390 e. The minimum Gasteiger partial charge on any atom is -0.390 e. The van der Waals surface area contributed by atoms with Gasteiger partial charge in [-0.2, -0.15) is 0 Å². The Bertz CT molecular complexity index is 529. The lowest BCUT2D eigenvalue weighted by molar-refractivity contribution is -0.268. The minimum absolute atomic E-state index is 0.0637. The summed E-state index contributed by atoms with van der Waals surface area (Å²) in [4.78, 5) is 4.42. The van der Waals surface area contributed by atoms with E-state index < -0.39 is 28.8 Å². The molecule has 2 N–H and O–H groups in total. The molecule has 0 aromatic rings. The number of rotatable bonds is 2. The molecule has 6 heteroatoms. The van der Waals surface area contributed by atoms with Crippen LogP contribution in [0.2, 0.25) is 0 Å². The predicted octanol–water partition coefficient (Wildman–Crippen LogP) is 2.26. The van der Waals surface area contributed by atoms with Crippen LogP contribution in [-0.2, 0) is 9.47 Å². The molecule has 2 saturated heterocycles. The monoisotopic (exact) mass is 327 g/mol. The molecule has 3 fully saturated rings. The van der Waals surface area contributed by atoms with Gasteiger partial charge in [-0.1, -0.05) is 0 Å². The van der Waals surface area contributed by atoms with Gasteiger partial charge in [-0.25, -0.2) is 4.99 Å². The predicted molar refractivity (Wildman–Crippen MR) is 84.5 cm³/mol. The molecular weight excluding hydrogens is 302 g/mol. The van der Waals surface area contributed by atoms with E-state index in [1.807, 2.05) is 13.8 Å². The Kier molecular flexibility index (Phi) is 3.61. The summed E-state index contributed by atoms with van der Waals surface area (Å²) in [6.07, 6.45) is 1.91. The summed E-state index contributed by atoms with van der Waals surface area (Å²) in [7, 11) is 0. The van der Waals surface area contributed by atoms with Gasteiger partial charge in [0.15, 0.2) is 12.1 Å². The van der Waals surface area contributed by atoms with E-state index in [1.54, 1.807) is 13.8 Å². The highest BCUT2D eigenvalue weighted by atomic mass is 32.1. The molecule has 0 amide bonds. The Morgan fingerprint density at radius 2 is 1.95 bits per heavy atom. The molecule has 2 aliphatic heterocycles. The van der Waals surface area contributed by atoms with Crippen molar-refractivity contribution in [3.63, 3.8) is 0 Å². The quantitative estimate of drug-likeness (QED) is 0.601. The Morgan fingerprint density at radius 1 is 1.27 bits per heavy atom. The maximum Gasteiger partial charge on any atom is 0.188 e. The smallest absolute Gasteiger partial charge is 0.188 e. The summed E-state index contributed by atoms with van der Waals surface area (Å²) in [6.45, 7) is 7.44. The molecule has 0 radical (unpaired) electrons. The summed E-state index contributed by atoms with van der Waals surface area (Å²) in [5, 5.41) is 23.9. The number of hydrogen-bond donors (Lipinski definition) is 2. The van der Waals surface area contributed by atoms with Crippen molar-refractivity contribution >= 4 is 17.4 Å². The van der Waals surface area contributed by atoms with Gasteiger partial charge < -0.3 is 19.7 Å². The third-order valence-corrected chi connectivity index (χ3v) is 6.05. The highest BCUT2D eigenvalue weighted by Crippen LogP contribution is 2.62. The number of isothiocyanates is 1. The Labute approximate surface area is 136 Å². The number of thiocarbonyl (C=S) groups is 1. The van der Waals surface area contributed by atoms with Crippen molar-refractivity contribution in [3.05, 3.63) is 0 Å². The third kappa shape index (κ3) is 2.13. The van der Waals surface area contributed by atoms with Crippen LogP contribution in [0.3, 0.4) is 0 Å². The highest BCUT2D eigenvalue weighted by Gasteiger charge is 2.72. The van der Waals surface area contributed by atoms with Gasteiger partial charge in [0, 0.05) is 18.3 Å². The van der Waals surface area contributed by atoms with Crippen LogP contribution in [0.15, 0.2) is 4.99 Å². The molecule has 3 aliphatic rings. The van der Waals surface area contributed by atoms with Gasteiger partial charge in [0.25, 0.3) is 0 Å². The van der Waals surface area contributed by atoms with Crippen LogP contribution >= 0.6 is 12.2 Å². The first-order valence-electron chi connectivity index (χ1n) is 7.95. The maximum atomic E-state index is 10.7. The first-order chi connectivity index (χ1) is 10.1. The van der Waals surface area contributed by atoms with Gasteiger partial charge in [0.2, 0.25) is 0 Å². The fourth-order valence-electron chi connectivity index (χ4n) is 5.02. The number of ether oxygens (including phenoxy) is 2. The van der Waals surface area contributed by atoms with Crippen molar-refractivity contribution in [1.29, 1.82) is 0 Å². The molecule has 2 heterocycles. The van der Waals surface area contributed by atoms with Crippen LogP contribution in [0.25, 0.3) is 0 Å². The summed E-state index contributed by atoms with van der Waals surface area (Å²) in [6, 6.07) is 0. The zero-order valence-electron chi connectivity index (χ0n) is 13.6. The molecule has 5 nitrogen and oxygen atoms in total. The molecule has 0 aromatic heterocycles. The zero-order chi connectivity index (χ0) is 16.4. The van der Waals surface area contributed by atoms with E-state index in [0.717, 1.165) is 12.8 Å². The topological polar surface area (TPSA) is 71.3 Å². The van der Waals surface area contributed by atoms with E-state index in [-0.39, 0.29) is 11.8 Å². The lowest BCUT2D eigenvalue weighted by Crippen LogP contribution is -2.68. The third-order valence-electron chi connectivity index (χ3n) is 5.96. The second-order valence-corrected chi connectivity index (χ2v) is 8.14. The minimum atomic E-state index is -1.07. The lowest BCUT2D eigenvalue weighted by Gasteiger charge is -2.58. The molecule has 6 atom stereocenters. The molecule has 124 valence electrons. The van der Waals surface area contributed by atoms with Gasteiger partial charge >= 0.3 is 0 Å². The van der Waals surface area contributed by atoms with Crippen molar-refractivity contribution in [2.75, 3.05) is 0 Å². The number of aliphatic imine (C=N–C) groups is 1. The van der Waals surface area contributed by atoms with Gasteiger partial charge in [-0.15, -0.1) is 0 Å². The van der Waals surface area contributed by atoms with E-state index >= 15 is 0 Å². The highest BCUT2D eigenvalue weighted by molar-refractivity contribution is 7.78. The SMILES string of the molecule is CC(C)(O)[C@@H]1CC[C@](C)(N=C=S)[C@@H]2CC[C@]3(C)O[C@H](O)[C@]21O3. The second-order valence-electron chi connectivity index (χ2n) is 7.96. The van der Waals surface area contributed by atoms with Crippen LogP contribution in [0, 0.1) is 11.8 Å². The number of hydrogen-bond acceptors (Lipinski definition) is 6. The van der Waals surface area contributed by atoms with Gasteiger partial charge in [-0.3, -0.25) is 0 Å². The van der Waals surface area contributed by atoms with Crippen molar-refractivity contribution in [2.24, 2.45) is 16.8 Å².